The van der Waals surface area contributed by atoms with Crippen LogP contribution >= 0.6 is 0 Å². The molecule has 0 bridgehead atoms. The Hall–Kier alpha value is -0.830. The van der Waals surface area contributed by atoms with Gasteiger partial charge in [-0.05, 0) is 31.9 Å². The van der Waals surface area contributed by atoms with Crippen molar-refractivity contribution in [2.45, 2.75) is 32.7 Å². The largest absolute Gasteiger partial charge is 0.311 e. The number of aromatic nitrogens is 2. The highest BCUT2D eigenvalue weighted by Crippen LogP contribution is 2.31. The maximum Gasteiger partial charge on any atom is 0.0597 e. The standard InChI is InChI=1S/C11H19N3/c1-9-7-11(14(2)13-9)8-12-6-5-10-3-4-10/h7,10,12H,3-6,8H2,1-2H3. The monoisotopic (exact) mass is 193 g/mol. The van der Waals surface area contributed by atoms with Gasteiger partial charge in [-0.1, -0.05) is 12.8 Å². The summed E-state index contributed by atoms with van der Waals surface area (Å²) in [5.74, 6) is 1.02. The van der Waals surface area contributed by atoms with Crippen LogP contribution in [0.15, 0.2) is 6.07 Å². The first-order chi connectivity index (χ1) is 6.75. The summed E-state index contributed by atoms with van der Waals surface area (Å²) in [4.78, 5) is 0. The number of hydrogen-bond donors (Lipinski definition) is 1. The molecule has 1 aromatic heterocycles. The number of aryl methyl sites for hydroxylation is 2. The minimum Gasteiger partial charge on any atom is -0.311 e. The van der Waals surface area contributed by atoms with E-state index in [2.05, 4.69) is 16.5 Å². The topological polar surface area (TPSA) is 29.9 Å². The van der Waals surface area contributed by atoms with Gasteiger partial charge in [0.25, 0.3) is 0 Å². The van der Waals surface area contributed by atoms with Crippen molar-refractivity contribution in [1.29, 1.82) is 0 Å². The third-order valence-electron chi connectivity index (χ3n) is 2.83. The number of hydrogen-bond acceptors (Lipinski definition) is 2. The van der Waals surface area contributed by atoms with E-state index in [0.29, 0.717) is 0 Å². The minimum atomic E-state index is 0.948. The molecule has 0 saturated heterocycles. The zero-order valence-corrected chi connectivity index (χ0v) is 9.08. The predicted molar refractivity (Wildman–Crippen MR) is 57.0 cm³/mol. The zero-order valence-electron chi connectivity index (χ0n) is 9.08. The Balaban J connectivity index is 1.70. The van der Waals surface area contributed by atoms with E-state index in [-0.39, 0.29) is 0 Å². The molecule has 1 saturated carbocycles. The van der Waals surface area contributed by atoms with Gasteiger partial charge in [0.1, 0.15) is 0 Å². The molecule has 1 aliphatic rings. The second-order valence-electron chi connectivity index (χ2n) is 4.31. The Morgan fingerprint density at radius 3 is 2.93 bits per heavy atom. The van der Waals surface area contributed by atoms with Gasteiger partial charge < -0.3 is 5.32 Å². The van der Waals surface area contributed by atoms with Crippen LogP contribution in [-0.2, 0) is 13.6 Å². The third kappa shape index (κ3) is 2.58. The first-order valence-corrected chi connectivity index (χ1v) is 5.46. The zero-order chi connectivity index (χ0) is 9.97. The van der Waals surface area contributed by atoms with Gasteiger partial charge in [-0.2, -0.15) is 5.10 Å². The van der Waals surface area contributed by atoms with Crippen molar-refractivity contribution in [3.05, 3.63) is 17.5 Å². The molecule has 1 N–H and O–H groups in total. The molecule has 0 radical (unpaired) electrons. The van der Waals surface area contributed by atoms with Gasteiger partial charge in [0, 0.05) is 13.6 Å². The van der Waals surface area contributed by atoms with E-state index in [1.54, 1.807) is 0 Å². The highest BCUT2D eigenvalue weighted by Gasteiger charge is 2.19. The SMILES string of the molecule is Cc1cc(CNCCC2CC2)n(C)n1. The molecule has 0 spiro atoms. The van der Waals surface area contributed by atoms with Crippen molar-refractivity contribution in [3.63, 3.8) is 0 Å². The summed E-state index contributed by atoms with van der Waals surface area (Å²) >= 11 is 0. The quantitative estimate of drug-likeness (QED) is 0.720. The van der Waals surface area contributed by atoms with E-state index in [1.165, 1.54) is 25.0 Å². The maximum absolute atomic E-state index is 4.31. The van der Waals surface area contributed by atoms with Crippen molar-refractivity contribution in [3.8, 4) is 0 Å². The lowest BCUT2D eigenvalue weighted by atomic mass is 10.3. The second-order valence-corrected chi connectivity index (χ2v) is 4.31. The summed E-state index contributed by atoms with van der Waals surface area (Å²) in [6.45, 7) is 4.13. The van der Waals surface area contributed by atoms with Crippen molar-refractivity contribution in [1.82, 2.24) is 15.1 Å². The van der Waals surface area contributed by atoms with Gasteiger partial charge in [-0.15, -0.1) is 0 Å². The van der Waals surface area contributed by atoms with Gasteiger partial charge in [-0.25, -0.2) is 0 Å². The van der Waals surface area contributed by atoms with Crippen LogP contribution in [0.4, 0.5) is 0 Å². The second kappa shape index (κ2) is 4.13. The Morgan fingerprint density at radius 2 is 2.36 bits per heavy atom. The van der Waals surface area contributed by atoms with E-state index in [9.17, 15) is 0 Å². The smallest absolute Gasteiger partial charge is 0.0597 e. The van der Waals surface area contributed by atoms with Crippen LogP contribution in [-0.4, -0.2) is 16.3 Å². The van der Waals surface area contributed by atoms with E-state index in [4.69, 9.17) is 0 Å². The van der Waals surface area contributed by atoms with Crippen molar-refractivity contribution in [2.24, 2.45) is 13.0 Å². The number of rotatable bonds is 5. The van der Waals surface area contributed by atoms with E-state index in [0.717, 1.165) is 24.7 Å². The van der Waals surface area contributed by atoms with E-state index >= 15 is 0 Å². The first kappa shape index (κ1) is 9.71. The van der Waals surface area contributed by atoms with Gasteiger partial charge in [0.2, 0.25) is 0 Å². The molecule has 0 atom stereocenters. The molecule has 1 aromatic rings. The van der Waals surface area contributed by atoms with Crippen LogP contribution in [0, 0.1) is 12.8 Å². The van der Waals surface area contributed by atoms with Crippen LogP contribution in [0.25, 0.3) is 0 Å². The van der Waals surface area contributed by atoms with Crippen molar-refractivity contribution < 1.29 is 0 Å². The molecule has 0 aliphatic heterocycles. The van der Waals surface area contributed by atoms with Crippen LogP contribution in [0.3, 0.4) is 0 Å². The molecule has 0 unspecified atom stereocenters. The Labute approximate surface area is 85.5 Å². The molecular formula is C11H19N3. The summed E-state index contributed by atoms with van der Waals surface area (Å²) in [5.41, 5.74) is 2.38. The summed E-state index contributed by atoms with van der Waals surface area (Å²) < 4.78 is 1.96. The fraction of sp³-hybridized carbons (Fsp3) is 0.727. The highest BCUT2D eigenvalue weighted by atomic mass is 15.3. The van der Waals surface area contributed by atoms with Crippen LogP contribution in [0.1, 0.15) is 30.7 Å². The third-order valence-corrected chi connectivity index (χ3v) is 2.83. The minimum absolute atomic E-state index is 0.948. The van der Waals surface area contributed by atoms with Crippen LogP contribution < -0.4 is 5.32 Å². The fourth-order valence-corrected chi connectivity index (χ4v) is 1.76. The Morgan fingerprint density at radius 1 is 1.57 bits per heavy atom. The molecule has 14 heavy (non-hydrogen) atoms. The molecule has 78 valence electrons. The summed E-state index contributed by atoms with van der Waals surface area (Å²) in [6, 6.07) is 2.14. The van der Waals surface area contributed by atoms with Crippen LogP contribution in [0.2, 0.25) is 0 Å². The van der Waals surface area contributed by atoms with Gasteiger partial charge in [0.05, 0.1) is 11.4 Å². The predicted octanol–water partition coefficient (Wildman–Crippen LogP) is 1.62. The average molecular weight is 193 g/mol. The first-order valence-electron chi connectivity index (χ1n) is 5.46. The van der Waals surface area contributed by atoms with E-state index in [1.807, 2.05) is 18.7 Å². The van der Waals surface area contributed by atoms with E-state index < -0.39 is 0 Å². The molecule has 3 nitrogen and oxygen atoms in total. The molecule has 2 rings (SSSR count). The lowest BCUT2D eigenvalue weighted by Crippen LogP contribution is -2.17. The molecular weight excluding hydrogens is 174 g/mol. The van der Waals surface area contributed by atoms with Crippen molar-refractivity contribution in [2.75, 3.05) is 6.54 Å². The van der Waals surface area contributed by atoms with Gasteiger partial charge in [-0.3, -0.25) is 4.68 Å². The van der Waals surface area contributed by atoms with Gasteiger partial charge in [0.15, 0.2) is 0 Å². The lowest BCUT2D eigenvalue weighted by Gasteiger charge is -2.03. The summed E-state index contributed by atoms with van der Waals surface area (Å²) in [7, 11) is 2.00. The number of nitrogens with one attached hydrogen (secondary N) is 1. The fourth-order valence-electron chi connectivity index (χ4n) is 1.76. The number of nitrogens with zero attached hydrogens (tertiary/aromatic N) is 2. The van der Waals surface area contributed by atoms with Crippen LogP contribution in [0.5, 0.6) is 0 Å². The molecule has 1 heterocycles. The Bertz CT molecular complexity index is 299. The van der Waals surface area contributed by atoms with Gasteiger partial charge >= 0.3 is 0 Å². The molecule has 0 aromatic carbocycles. The molecule has 0 amide bonds. The summed E-state index contributed by atoms with van der Waals surface area (Å²) in [5, 5.41) is 7.78. The lowest BCUT2D eigenvalue weighted by molar-refractivity contribution is 0.584. The maximum atomic E-state index is 4.31. The van der Waals surface area contributed by atoms with Crippen molar-refractivity contribution >= 4 is 0 Å². The Kier molecular flexibility index (Phi) is 2.87. The highest BCUT2D eigenvalue weighted by molar-refractivity contribution is 5.08. The molecule has 3 heteroatoms. The normalized spacial score (nSPS) is 16.1. The average Bonchev–Trinajstić information content (AvgIpc) is 2.88. The summed E-state index contributed by atoms with van der Waals surface area (Å²) in [6.07, 6.45) is 4.25. The molecule has 1 aliphatic carbocycles. The molecule has 1 fully saturated rings.